The van der Waals surface area contributed by atoms with E-state index in [0.717, 1.165) is 28.2 Å². The van der Waals surface area contributed by atoms with Gasteiger partial charge in [0.25, 0.3) is 0 Å². The summed E-state index contributed by atoms with van der Waals surface area (Å²) in [5.74, 6) is 0.313. The quantitative estimate of drug-likeness (QED) is 0.481. The number of likely N-dealkylation sites (tertiary alicyclic amines) is 1. The van der Waals surface area contributed by atoms with E-state index in [1.807, 2.05) is 84.2 Å². The van der Waals surface area contributed by atoms with Crippen molar-refractivity contribution in [2.75, 3.05) is 33.8 Å². The molecule has 0 bridgehead atoms. The Morgan fingerprint density at radius 2 is 1.97 bits per heavy atom. The molecule has 2 amide bonds. The second-order valence-electron chi connectivity index (χ2n) is 9.89. The minimum absolute atomic E-state index is 0.0892. The molecule has 3 atom stereocenters. The average molecular weight is 533 g/mol. The highest BCUT2D eigenvalue weighted by Crippen LogP contribution is 2.32. The van der Waals surface area contributed by atoms with Gasteiger partial charge in [0, 0.05) is 37.5 Å². The third-order valence-corrected chi connectivity index (χ3v) is 7.56. The van der Waals surface area contributed by atoms with Gasteiger partial charge in [0.15, 0.2) is 0 Å². The van der Waals surface area contributed by atoms with Crippen LogP contribution in [0.15, 0.2) is 23.7 Å². The summed E-state index contributed by atoms with van der Waals surface area (Å²) < 4.78 is 6.11. The number of β-amino-alcohol motifs (C(OH)–C–C–N with tert-alkyl or cyclic N) is 1. The smallest absolute Gasteiger partial charge is 0.243 e. The van der Waals surface area contributed by atoms with Crippen LogP contribution >= 0.6 is 11.3 Å². The number of aliphatic hydroxyl groups excluding tert-OH is 1. The number of rotatable bonds is 10. The molecule has 0 radical (unpaired) electrons. The number of carbonyl (C=O) groups is 2. The molecule has 1 aromatic heterocycles. The molecule has 0 spiro atoms. The maximum absolute atomic E-state index is 13.1. The molecule has 37 heavy (non-hydrogen) atoms. The number of thiazole rings is 1. The summed E-state index contributed by atoms with van der Waals surface area (Å²) in [5, 5.41) is 13.2. The standard InChI is InChI=1S/C26H38N4O4S.C2H6/c1-16(2)17(3)26(33)30-14-21(31)12-22(30)25(32)27-13-20-8-7-19(24-18(4)28-15-35-24)11-23(20)34-10-9-29(5)6;1-2/h7-8,11,15-17,21-22,31H,9-10,12-14H2,1-6H3,(H,27,32);1-2H3. The van der Waals surface area contributed by atoms with Crippen LogP contribution in [0.2, 0.25) is 0 Å². The first-order chi connectivity index (χ1) is 17.6. The Kier molecular flexibility index (Phi) is 12.0. The highest BCUT2D eigenvalue weighted by molar-refractivity contribution is 7.13. The third kappa shape index (κ3) is 8.25. The first kappa shape index (κ1) is 30.7. The van der Waals surface area contributed by atoms with E-state index in [2.05, 4.69) is 10.3 Å². The number of aryl methyl sites for hydroxylation is 1. The topological polar surface area (TPSA) is 95.0 Å². The summed E-state index contributed by atoms with van der Waals surface area (Å²) in [6, 6.07) is 5.31. The highest BCUT2D eigenvalue weighted by Gasteiger charge is 2.40. The van der Waals surface area contributed by atoms with Crippen LogP contribution < -0.4 is 10.1 Å². The molecule has 2 aromatic rings. The van der Waals surface area contributed by atoms with E-state index < -0.39 is 12.1 Å². The van der Waals surface area contributed by atoms with E-state index in [9.17, 15) is 14.7 Å². The van der Waals surface area contributed by atoms with E-state index in [0.29, 0.717) is 12.4 Å². The number of hydrogen-bond donors (Lipinski definition) is 2. The molecule has 3 rings (SSSR count). The fourth-order valence-corrected chi connectivity index (χ4v) is 4.85. The van der Waals surface area contributed by atoms with Gasteiger partial charge in [0.2, 0.25) is 11.8 Å². The van der Waals surface area contributed by atoms with Crippen molar-refractivity contribution in [3.63, 3.8) is 0 Å². The number of likely N-dealkylation sites (N-methyl/N-ethyl adjacent to an activating group) is 1. The summed E-state index contributed by atoms with van der Waals surface area (Å²) in [5.41, 5.74) is 4.68. The van der Waals surface area contributed by atoms with Gasteiger partial charge in [-0.1, -0.05) is 46.8 Å². The Hall–Kier alpha value is -2.49. The minimum atomic E-state index is -0.694. The Balaban J connectivity index is 0.00000235. The van der Waals surface area contributed by atoms with Crippen molar-refractivity contribution in [1.82, 2.24) is 20.1 Å². The first-order valence-corrected chi connectivity index (χ1v) is 14.0. The molecule has 1 aliphatic rings. The van der Waals surface area contributed by atoms with Crippen molar-refractivity contribution in [3.05, 3.63) is 35.0 Å². The molecule has 1 aliphatic heterocycles. The molecular weight excluding hydrogens is 488 g/mol. The maximum atomic E-state index is 13.1. The zero-order valence-electron chi connectivity index (χ0n) is 23.6. The van der Waals surface area contributed by atoms with Crippen LogP contribution in [0.1, 0.15) is 52.3 Å². The number of aliphatic hydroxyl groups is 1. The van der Waals surface area contributed by atoms with Crippen molar-refractivity contribution >= 4 is 23.2 Å². The lowest BCUT2D eigenvalue weighted by Gasteiger charge is -2.28. The van der Waals surface area contributed by atoms with Gasteiger partial charge in [-0.3, -0.25) is 9.59 Å². The van der Waals surface area contributed by atoms with E-state index in [-0.39, 0.29) is 43.2 Å². The number of amides is 2. The van der Waals surface area contributed by atoms with Crippen molar-refractivity contribution < 1.29 is 19.4 Å². The number of aromatic nitrogens is 1. The van der Waals surface area contributed by atoms with Crippen molar-refractivity contribution in [2.45, 2.75) is 66.7 Å². The summed E-state index contributed by atoms with van der Waals surface area (Å²) in [6.07, 6.45) is -0.445. The molecule has 1 fully saturated rings. The van der Waals surface area contributed by atoms with Crippen LogP contribution in [0.3, 0.4) is 0 Å². The fourth-order valence-electron chi connectivity index (χ4n) is 4.05. The van der Waals surface area contributed by atoms with Gasteiger partial charge in [0.05, 0.1) is 22.2 Å². The van der Waals surface area contributed by atoms with E-state index in [1.165, 1.54) is 4.90 Å². The summed E-state index contributed by atoms with van der Waals surface area (Å²) in [6.45, 7) is 13.6. The van der Waals surface area contributed by atoms with Crippen molar-refractivity contribution in [2.24, 2.45) is 11.8 Å². The second kappa shape index (κ2) is 14.4. The minimum Gasteiger partial charge on any atom is -0.492 e. The monoisotopic (exact) mass is 532 g/mol. The molecule has 9 heteroatoms. The van der Waals surface area contributed by atoms with Gasteiger partial charge in [-0.2, -0.15) is 0 Å². The number of nitrogens with one attached hydrogen (secondary N) is 1. The number of benzene rings is 1. The Bertz CT molecular complexity index is 1020. The number of nitrogens with zero attached hydrogens (tertiary/aromatic N) is 3. The van der Waals surface area contributed by atoms with Gasteiger partial charge in [-0.25, -0.2) is 4.98 Å². The fraction of sp³-hybridized carbons (Fsp3) is 0.607. The molecule has 1 aromatic carbocycles. The van der Waals surface area contributed by atoms with Gasteiger partial charge in [-0.15, -0.1) is 11.3 Å². The summed E-state index contributed by atoms with van der Waals surface area (Å²) >= 11 is 1.58. The molecule has 206 valence electrons. The van der Waals surface area contributed by atoms with Gasteiger partial charge < -0.3 is 25.0 Å². The van der Waals surface area contributed by atoms with Crippen LogP contribution in [0.5, 0.6) is 5.75 Å². The molecule has 2 heterocycles. The molecule has 1 saturated heterocycles. The highest BCUT2D eigenvalue weighted by atomic mass is 32.1. The van der Waals surface area contributed by atoms with Crippen LogP contribution in [0.4, 0.5) is 0 Å². The van der Waals surface area contributed by atoms with Crippen molar-refractivity contribution in [1.29, 1.82) is 0 Å². The Labute approximate surface area is 226 Å². The molecule has 2 N–H and O–H groups in total. The summed E-state index contributed by atoms with van der Waals surface area (Å²) in [4.78, 5) is 35.1. The zero-order valence-corrected chi connectivity index (χ0v) is 24.4. The van der Waals surface area contributed by atoms with E-state index in [4.69, 9.17) is 4.74 Å². The first-order valence-electron chi connectivity index (χ1n) is 13.2. The molecule has 0 aliphatic carbocycles. The van der Waals surface area contributed by atoms with Crippen molar-refractivity contribution in [3.8, 4) is 16.2 Å². The maximum Gasteiger partial charge on any atom is 0.243 e. The lowest BCUT2D eigenvalue weighted by molar-refractivity contribution is -0.142. The molecular formula is C28H44N4O4S. The third-order valence-electron chi connectivity index (χ3n) is 6.58. The normalized spacial score (nSPS) is 18.0. The lowest BCUT2D eigenvalue weighted by Crippen LogP contribution is -2.48. The number of hydrogen-bond acceptors (Lipinski definition) is 7. The van der Waals surface area contributed by atoms with Crippen LogP contribution in [-0.2, 0) is 16.1 Å². The molecule has 0 saturated carbocycles. The van der Waals surface area contributed by atoms with Crippen LogP contribution in [-0.4, -0.2) is 77.6 Å². The SMILES string of the molecule is CC.Cc1ncsc1-c1ccc(CNC(=O)C2CC(O)CN2C(=O)C(C)C(C)C)c(OCCN(C)C)c1. The van der Waals surface area contributed by atoms with Crippen LogP contribution in [0, 0.1) is 18.8 Å². The van der Waals surface area contributed by atoms with E-state index >= 15 is 0 Å². The van der Waals surface area contributed by atoms with Gasteiger partial charge in [-0.05, 0) is 38.6 Å². The Morgan fingerprint density at radius 3 is 2.57 bits per heavy atom. The zero-order chi connectivity index (χ0) is 27.7. The van der Waals surface area contributed by atoms with E-state index in [1.54, 1.807) is 11.3 Å². The largest absolute Gasteiger partial charge is 0.492 e. The summed E-state index contributed by atoms with van der Waals surface area (Å²) in [7, 11) is 3.98. The molecule has 3 unspecified atom stereocenters. The van der Waals surface area contributed by atoms with Gasteiger partial charge >= 0.3 is 0 Å². The van der Waals surface area contributed by atoms with Gasteiger partial charge in [0.1, 0.15) is 18.4 Å². The van der Waals surface area contributed by atoms with Crippen LogP contribution in [0.25, 0.3) is 10.4 Å². The predicted molar refractivity (Wildman–Crippen MR) is 150 cm³/mol. The Morgan fingerprint density at radius 1 is 1.27 bits per heavy atom. The predicted octanol–water partition coefficient (Wildman–Crippen LogP) is 3.96. The number of carbonyl (C=O) groups excluding carboxylic acids is 2. The number of ether oxygens (including phenoxy) is 1. The molecule has 8 nitrogen and oxygen atoms in total. The average Bonchev–Trinajstić information content (AvgIpc) is 3.48. The lowest BCUT2D eigenvalue weighted by atomic mass is 9.96. The second-order valence-corrected chi connectivity index (χ2v) is 10.7.